The molecular weight excluding hydrogens is 695 g/mol. The van der Waals surface area contributed by atoms with E-state index in [4.69, 9.17) is 0 Å². The van der Waals surface area contributed by atoms with Crippen LogP contribution in [0.1, 0.15) is 0 Å². The molecule has 0 bridgehead atoms. The minimum atomic E-state index is 1.10. The van der Waals surface area contributed by atoms with Gasteiger partial charge in [0, 0.05) is 37.0 Å². The molecule has 0 amide bonds. The van der Waals surface area contributed by atoms with E-state index in [9.17, 15) is 0 Å². The molecule has 11 rings (SSSR count). The summed E-state index contributed by atoms with van der Waals surface area (Å²) < 4.78 is 2.64. The highest BCUT2D eigenvalue weighted by molar-refractivity contribution is 7.25. The molecule has 56 heavy (non-hydrogen) atoms. The first-order valence-electron chi connectivity index (χ1n) is 19.2. The number of benzene rings is 10. The molecule has 0 fully saturated rings. The van der Waals surface area contributed by atoms with E-state index < -0.39 is 0 Å². The van der Waals surface area contributed by atoms with Crippen LogP contribution >= 0.6 is 11.3 Å². The van der Waals surface area contributed by atoms with Crippen LogP contribution in [-0.4, -0.2) is 0 Å². The van der Waals surface area contributed by atoms with E-state index in [1.165, 1.54) is 85.9 Å². The van der Waals surface area contributed by atoms with Crippen LogP contribution in [0, 0.1) is 0 Å². The van der Waals surface area contributed by atoms with Crippen molar-refractivity contribution in [3.63, 3.8) is 0 Å². The third-order valence-corrected chi connectivity index (χ3v) is 12.4. The number of anilines is 3. The van der Waals surface area contributed by atoms with Gasteiger partial charge in [-0.25, -0.2) is 0 Å². The van der Waals surface area contributed by atoms with Crippen LogP contribution in [0.2, 0.25) is 0 Å². The van der Waals surface area contributed by atoms with Crippen LogP contribution in [-0.2, 0) is 0 Å². The molecule has 0 unspecified atom stereocenters. The zero-order valence-electron chi connectivity index (χ0n) is 30.6. The van der Waals surface area contributed by atoms with Crippen molar-refractivity contribution >= 4 is 80.9 Å². The Hall–Kier alpha value is -7.00. The summed E-state index contributed by atoms with van der Waals surface area (Å²) in [5.41, 5.74) is 10.6. The lowest BCUT2D eigenvalue weighted by molar-refractivity contribution is 1.28. The molecular formula is C54H35NS. The quantitative estimate of drug-likeness (QED) is 0.154. The number of hydrogen-bond donors (Lipinski definition) is 0. The zero-order chi connectivity index (χ0) is 37.0. The summed E-state index contributed by atoms with van der Waals surface area (Å²) in [6, 6.07) is 77.8. The van der Waals surface area contributed by atoms with E-state index >= 15 is 0 Å². The topological polar surface area (TPSA) is 3.24 Å². The number of thiophene rings is 1. The van der Waals surface area contributed by atoms with Gasteiger partial charge in [-0.3, -0.25) is 0 Å². The average Bonchev–Trinajstić information content (AvgIpc) is 3.66. The van der Waals surface area contributed by atoms with Gasteiger partial charge in [-0.1, -0.05) is 164 Å². The molecule has 1 aromatic heterocycles. The maximum Gasteiger partial charge on any atom is 0.0540 e. The molecule has 0 radical (unpaired) electrons. The normalized spacial score (nSPS) is 11.6. The van der Waals surface area contributed by atoms with Crippen molar-refractivity contribution in [1.82, 2.24) is 0 Å². The lowest BCUT2D eigenvalue weighted by Crippen LogP contribution is -2.12. The summed E-state index contributed by atoms with van der Waals surface area (Å²) in [6.07, 6.45) is 0. The van der Waals surface area contributed by atoms with Crippen LogP contribution in [0.15, 0.2) is 212 Å². The summed E-state index contributed by atoms with van der Waals surface area (Å²) in [4.78, 5) is 2.47. The molecule has 10 aromatic carbocycles. The summed E-state index contributed by atoms with van der Waals surface area (Å²) in [5, 5.41) is 10.1. The Labute approximate surface area is 330 Å². The van der Waals surface area contributed by atoms with E-state index in [2.05, 4.69) is 217 Å². The lowest BCUT2D eigenvalue weighted by atomic mass is 9.91. The lowest BCUT2D eigenvalue weighted by Gasteiger charge is -2.30. The number of fused-ring (bicyclic) bond motifs is 7. The van der Waals surface area contributed by atoms with Gasteiger partial charge in [-0.2, -0.15) is 0 Å². The third kappa shape index (κ3) is 5.38. The van der Waals surface area contributed by atoms with Gasteiger partial charge in [0.05, 0.1) is 11.4 Å². The second-order valence-electron chi connectivity index (χ2n) is 14.4. The van der Waals surface area contributed by atoms with Crippen LogP contribution in [0.3, 0.4) is 0 Å². The molecule has 0 saturated heterocycles. The Morgan fingerprint density at radius 1 is 0.304 bits per heavy atom. The molecule has 262 valence electrons. The number of hydrogen-bond acceptors (Lipinski definition) is 2. The van der Waals surface area contributed by atoms with E-state index in [1.807, 2.05) is 11.3 Å². The molecule has 0 atom stereocenters. The van der Waals surface area contributed by atoms with E-state index in [0.29, 0.717) is 0 Å². The van der Waals surface area contributed by atoms with Gasteiger partial charge >= 0.3 is 0 Å². The molecule has 0 aliphatic carbocycles. The molecule has 2 heteroatoms. The minimum Gasteiger partial charge on any atom is -0.309 e. The number of rotatable bonds is 6. The monoisotopic (exact) mass is 729 g/mol. The zero-order valence-corrected chi connectivity index (χ0v) is 31.4. The summed E-state index contributed by atoms with van der Waals surface area (Å²) in [7, 11) is 0. The maximum absolute atomic E-state index is 2.47. The first kappa shape index (κ1) is 32.4. The smallest absolute Gasteiger partial charge is 0.0540 e. The van der Waals surface area contributed by atoms with Gasteiger partial charge in [0.2, 0.25) is 0 Å². The van der Waals surface area contributed by atoms with Gasteiger partial charge in [0.25, 0.3) is 0 Å². The standard InChI is InChI=1S/C54H35NS/c1-2-15-38-34-40(29-28-36(38)14-1)43-18-7-10-24-50(43)55(41-32-30-37(31-33-41)44-23-13-27-53-54(44)48-22-9-12-26-52(48)56-53)51-25-11-8-21-47(51)49-35-39-16-3-4-17-42(39)45-19-5-6-20-46(45)49/h1-35H. The van der Waals surface area contributed by atoms with Crippen molar-refractivity contribution in [3.05, 3.63) is 212 Å². The van der Waals surface area contributed by atoms with E-state index in [0.717, 1.165) is 17.1 Å². The second-order valence-corrected chi connectivity index (χ2v) is 15.5. The first-order valence-corrected chi connectivity index (χ1v) is 20.0. The average molecular weight is 730 g/mol. The fourth-order valence-electron chi connectivity index (χ4n) is 8.66. The number of nitrogens with zero attached hydrogens (tertiary/aromatic N) is 1. The van der Waals surface area contributed by atoms with Crippen molar-refractivity contribution in [1.29, 1.82) is 0 Å². The number of para-hydroxylation sites is 2. The second kappa shape index (κ2) is 13.4. The maximum atomic E-state index is 2.47. The highest BCUT2D eigenvalue weighted by Crippen LogP contribution is 2.48. The fraction of sp³-hybridized carbons (Fsp3) is 0. The summed E-state index contributed by atoms with van der Waals surface area (Å²) >= 11 is 1.87. The summed E-state index contributed by atoms with van der Waals surface area (Å²) in [6.45, 7) is 0. The Morgan fingerprint density at radius 2 is 0.875 bits per heavy atom. The molecule has 1 nitrogen and oxygen atoms in total. The largest absolute Gasteiger partial charge is 0.309 e. The predicted octanol–water partition coefficient (Wildman–Crippen LogP) is 16.0. The molecule has 11 aromatic rings. The summed E-state index contributed by atoms with van der Waals surface area (Å²) in [5.74, 6) is 0. The van der Waals surface area contributed by atoms with Gasteiger partial charge in [0.15, 0.2) is 0 Å². The van der Waals surface area contributed by atoms with Crippen molar-refractivity contribution < 1.29 is 0 Å². The molecule has 1 heterocycles. The molecule has 0 spiro atoms. The minimum absolute atomic E-state index is 1.10. The highest BCUT2D eigenvalue weighted by atomic mass is 32.1. The first-order chi connectivity index (χ1) is 27.8. The van der Waals surface area contributed by atoms with Crippen LogP contribution in [0.5, 0.6) is 0 Å². The third-order valence-electron chi connectivity index (χ3n) is 11.2. The Balaban J connectivity index is 1.14. The van der Waals surface area contributed by atoms with Crippen LogP contribution in [0.4, 0.5) is 17.1 Å². The van der Waals surface area contributed by atoms with Crippen LogP contribution < -0.4 is 4.90 Å². The van der Waals surface area contributed by atoms with Gasteiger partial charge in [-0.05, 0) is 103 Å². The highest BCUT2D eigenvalue weighted by Gasteiger charge is 2.22. The van der Waals surface area contributed by atoms with Crippen molar-refractivity contribution in [3.8, 4) is 33.4 Å². The molecule has 0 N–H and O–H groups in total. The van der Waals surface area contributed by atoms with Gasteiger partial charge in [-0.15, -0.1) is 11.3 Å². The van der Waals surface area contributed by atoms with Crippen molar-refractivity contribution in [2.75, 3.05) is 4.90 Å². The SMILES string of the molecule is c1ccc(N(c2ccc(-c3cccc4sc5ccccc5c34)cc2)c2ccccc2-c2cc3ccccc3c3ccccc23)c(-c2ccc3ccccc3c2)c1. The van der Waals surface area contributed by atoms with Crippen molar-refractivity contribution in [2.24, 2.45) is 0 Å². The van der Waals surface area contributed by atoms with Gasteiger partial charge in [0.1, 0.15) is 0 Å². The van der Waals surface area contributed by atoms with E-state index in [-0.39, 0.29) is 0 Å². The van der Waals surface area contributed by atoms with E-state index in [1.54, 1.807) is 0 Å². The predicted molar refractivity (Wildman–Crippen MR) is 243 cm³/mol. The van der Waals surface area contributed by atoms with Crippen LogP contribution in [0.25, 0.3) is 85.9 Å². The molecule has 0 saturated carbocycles. The van der Waals surface area contributed by atoms with Crippen molar-refractivity contribution in [2.45, 2.75) is 0 Å². The molecule has 0 aliphatic heterocycles. The molecule has 0 aliphatic rings. The Bertz CT molecular complexity index is 3260. The Kier molecular flexibility index (Phi) is 7.75. The van der Waals surface area contributed by atoms with Gasteiger partial charge < -0.3 is 4.90 Å². The Morgan fingerprint density at radius 3 is 1.70 bits per heavy atom. The fourth-order valence-corrected chi connectivity index (χ4v) is 9.79.